The lowest BCUT2D eigenvalue weighted by Gasteiger charge is -1.97. The van der Waals surface area contributed by atoms with E-state index < -0.39 is 11.3 Å². The molecular formula is C26H12N2O6. The summed E-state index contributed by atoms with van der Waals surface area (Å²) in [5.74, 6) is 0.314. The molecule has 0 aliphatic carbocycles. The van der Waals surface area contributed by atoms with Crippen molar-refractivity contribution < 1.29 is 17.7 Å². The topological polar surface area (TPSA) is 112 Å². The molecule has 7 aromatic rings. The van der Waals surface area contributed by atoms with E-state index >= 15 is 0 Å². The third-order valence-electron chi connectivity index (χ3n) is 5.70. The van der Waals surface area contributed by atoms with Crippen molar-refractivity contribution in [2.75, 3.05) is 0 Å². The minimum Gasteiger partial charge on any atom is -0.437 e. The lowest BCUT2D eigenvalue weighted by molar-refractivity contribution is 0.511. The first-order valence-electron chi connectivity index (χ1n) is 10.4. The fraction of sp³-hybridized carbons (Fsp3) is 0. The first-order chi connectivity index (χ1) is 16.7. The zero-order valence-corrected chi connectivity index (χ0v) is 17.3. The molecule has 0 saturated heterocycles. The Hall–Kier alpha value is -4.98. The summed E-state index contributed by atoms with van der Waals surface area (Å²) in [6.45, 7) is 0. The van der Waals surface area contributed by atoms with E-state index in [1.807, 2.05) is 36.4 Å². The maximum Gasteiger partial charge on any atom is 0.351 e. The van der Waals surface area contributed by atoms with Crippen molar-refractivity contribution in [3.8, 4) is 22.9 Å². The smallest absolute Gasteiger partial charge is 0.351 e. The molecule has 0 unspecified atom stereocenters. The Morgan fingerprint density at radius 1 is 0.529 bits per heavy atom. The van der Waals surface area contributed by atoms with Gasteiger partial charge in [-0.25, -0.2) is 9.59 Å². The van der Waals surface area contributed by atoms with Crippen LogP contribution in [0.2, 0.25) is 0 Å². The molecule has 8 nitrogen and oxygen atoms in total. The van der Waals surface area contributed by atoms with Crippen molar-refractivity contribution in [3.05, 3.63) is 93.6 Å². The third-order valence-corrected chi connectivity index (χ3v) is 5.70. The van der Waals surface area contributed by atoms with Crippen LogP contribution in [0.3, 0.4) is 0 Å². The van der Waals surface area contributed by atoms with Gasteiger partial charge in [0.05, 0.1) is 0 Å². The molecule has 0 aliphatic rings. The zero-order chi connectivity index (χ0) is 22.8. The lowest BCUT2D eigenvalue weighted by Crippen LogP contribution is -2.01. The van der Waals surface area contributed by atoms with Crippen molar-refractivity contribution in [2.45, 2.75) is 0 Å². The quantitative estimate of drug-likeness (QED) is 0.340. The number of hydrogen-bond acceptors (Lipinski definition) is 8. The van der Waals surface area contributed by atoms with Gasteiger partial charge in [-0.15, -0.1) is 0 Å². The molecule has 0 aliphatic heterocycles. The summed E-state index contributed by atoms with van der Waals surface area (Å²) in [4.78, 5) is 34.4. The monoisotopic (exact) mass is 448 g/mol. The van der Waals surface area contributed by atoms with Crippen LogP contribution in [0.4, 0.5) is 0 Å². The fourth-order valence-electron chi connectivity index (χ4n) is 4.13. The second-order valence-corrected chi connectivity index (χ2v) is 7.75. The van der Waals surface area contributed by atoms with Gasteiger partial charge in [-0.3, -0.25) is 0 Å². The molecule has 3 aromatic carbocycles. The Morgan fingerprint density at radius 2 is 0.941 bits per heavy atom. The van der Waals surface area contributed by atoms with Crippen LogP contribution in [-0.2, 0) is 0 Å². The van der Waals surface area contributed by atoms with Crippen molar-refractivity contribution in [1.29, 1.82) is 0 Å². The predicted octanol–water partition coefficient (Wildman–Crippen LogP) is 5.52. The molecule has 162 valence electrons. The van der Waals surface area contributed by atoms with Crippen LogP contribution in [0.25, 0.3) is 67.0 Å². The van der Waals surface area contributed by atoms with E-state index in [2.05, 4.69) is 9.97 Å². The van der Waals surface area contributed by atoms with E-state index in [1.165, 1.54) is 0 Å². The Morgan fingerprint density at radius 3 is 1.35 bits per heavy atom. The molecule has 0 saturated carbocycles. The predicted molar refractivity (Wildman–Crippen MR) is 125 cm³/mol. The van der Waals surface area contributed by atoms with Gasteiger partial charge in [-0.1, -0.05) is 36.4 Å². The van der Waals surface area contributed by atoms with Crippen LogP contribution < -0.4 is 11.3 Å². The van der Waals surface area contributed by atoms with Crippen LogP contribution in [0.1, 0.15) is 0 Å². The fourth-order valence-corrected chi connectivity index (χ4v) is 4.13. The van der Waals surface area contributed by atoms with E-state index in [0.29, 0.717) is 33.1 Å². The van der Waals surface area contributed by atoms with E-state index in [9.17, 15) is 9.59 Å². The SMILES string of the molecule is O=c1oc(-c2ccccc2)nc2oc3cc4c(cc3c12)oc1nc(-c2ccccc2)oc(=O)c14. The third kappa shape index (κ3) is 2.65. The number of rotatable bonds is 2. The summed E-state index contributed by atoms with van der Waals surface area (Å²) < 4.78 is 22.7. The molecule has 34 heavy (non-hydrogen) atoms. The van der Waals surface area contributed by atoms with E-state index in [1.54, 1.807) is 36.4 Å². The molecule has 0 amide bonds. The molecule has 0 N–H and O–H groups in total. The van der Waals surface area contributed by atoms with Gasteiger partial charge >= 0.3 is 11.3 Å². The van der Waals surface area contributed by atoms with Gasteiger partial charge in [0.15, 0.2) is 0 Å². The highest BCUT2D eigenvalue weighted by atomic mass is 16.4. The van der Waals surface area contributed by atoms with Crippen LogP contribution in [0, 0.1) is 0 Å². The first-order valence-corrected chi connectivity index (χ1v) is 10.4. The Balaban J connectivity index is 1.48. The number of furan rings is 2. The molecule has 8 heteroatoms. The second kappa shape index (κ2) is 6.76. The highest BCUT2D eigenvalue weighted by molar-refractivity contribution is 6.13. The Bertz CT molecular complexity index is 1850. The van der Waals surface area contributed by atoms with Gasteiger partial charge in [0.1, 0.15) is 21.9 Å². The van der Waals surface area contributed by atoms with Gasteiger partial charge in [0.25, 0.3) is 0 Å². The lowest BCUT2D eigenvalue weighted by atomic mass is 10.1. The summed E-state index contributed by atoms with van der Waals surface area (Å²) in [5.41, 5.74) is 1.14. The molecular weight excluding hydrogens is 436 g/mol. The average molecular weight is 448 g/mol. The molecule has 4 heterocycles. The van der Waals surface area contributed by atoms with Crippen molar-refractivity contribution >= 4 is 44.1 Å². The van der Waals surface area contributed by atoms with Crippen LogP contribution in [0.5, 0.6) is 0 Å². The molecule has 7 rings (SSSR count). The van der Waals surface area contributed by atoms with Gasteiger partial charge in [-0.2, -0.15) is 9.97 Å². The maximum atomic E-state index is 12.8. The minimum absolute atomic E-state index is 0.138. The second-order valence-electron chi connectivity index (χ2n) is 7.75. The van der Waals surface area contributed by atoms with Gasteiger partial charge in [-0.05, 0) is 36.4 Å². The molecule has 0 spiro atoms. The summed E-state index contributed by atoms with van der Waals surface area (Å²) in [6.07, 6.45) is 0. The number of hydrogen-bond donors (Lipinski definition) is 0. The molecule has 0 atom stereocenters. The van der Waals surface area contributed by atoms with Crippen molar-refractivity contribution in [1.82, 2.24) is 9.97 Å². The Labute approximate surface area is 188 Å². The maximum absolute atomic E-state index is 12.8. The average Bonchev–Trinajstić information content (AvgIpc) is 3.41. The highest BCUT2D eigenvalue weighted by Gasteiger charge is 2.21. The highest BCUT2D eigenvalue weighted by Crippen LogP contribution is 2.34. The summed E-state index contributed by atoms with van der Waals surface area (Å²) in [5, 5.41) is 1.33. The normalized spacial score (nSPS) is 11.8. The molecule has 4 aromatic heterocycles. The van der Waals surface area contributed by atoms with Crippen LogP contribution in [0.15, 0.2) is 100 Å². The van der Waals surface area contributed by atoms with Crippen LogP contribution >= 0.6 is 0 Å². The molecule has 0 bridgehead atoms. The zero-order valence-electron chi connectivity index (χ0n) is 17.3. The van der Waals surface area contributed by atoms with Gasteiger partial charge in [0.2, 0.25) is 23.2 Å². The molecule has 0 fully saturated rings. The standard InChI is InChI=1S/C26H12N2O6/c29-25-19-15-11-18-16(12-17(15)31-23(19)27-21(33-25)13-7-3-1-4-8-13)20-24(32-18)28-22(34-26(20)30)14-9-5-2-6-10-14/h1-12H. The molecule has 0 radical (unpaired) electrons. The minimum atomic E-state index is -0.581. The van der Waals surface area contributed by atoms with Crippen molar-refractivity contribution in [3.63, 3.8) is 0 Å². The number of fused-ring (bicyclic) bond motifs is 6. The summed E-state index contributed by atoms with van der Waals surface area (Å²) in [6, 6.07) is 21.4. The van der Waals surface area contributed by atoms with E-state index in [-0.39, 0.29) is 34.0 Å². The van der Waals surface area contributed by atoms with E-state index in [4.69, 9.17) is 17.7 Å². The Kier molecular flexibility index (Phi) is 3.69. The number of nitrogens with zero attached hydrogens (tertiary/aromatic N) is 2. The van der Waals surface area contributed by atoms with E-state index in [0.717, 1.165) is 0 Å². The number of benzene rings is 3. The summed E-state index contributed by atoms with van der Waals surface area (Å²) >= 11 is 0. The van der Waals surface area contributed by atoms with Crippen LogP contribution in [-0.4, -0.2) is 9.97 Å². The summed E-state index contributed by atoms with van der Waals surface area (Å²) in [7, 11) is 0. The largest absolute Gasteiger partial charge is 0.437 e. The first kappa shape index (κ1) is 18.6. The number of aromatic nitrogens is 2. The van der Waals surface area contributed by atoms with Gasteiger partial charge < -0.3 is 17.7 Å². The van der Waals surface area contributed by atoms with Crippen molar-refractivity contribution in [2.24, 2.45) is 0 Å². The van der Waals surface area contributed by atoms with Gasteiger partial charge in [0, 0.05) is 21.9 Å².